The van der Waals surface area contributed by atoms with Crippen LogP contribution in [-0.4, -0.2) is 73.2 Å². The van der Waals surface area contributed by atoms with Gasteiger partial charge in [0.1, 0.15) is 0 Å². The summed E-state index contributed by atoms with van der Waals surface area (Å²) in [7, 11) is 1.68. The zero-order valence-corrected chi connectivity index (χ0v) is 13.2. The molecule has 2 aliphatic heterocycles. The maximum Gasteiger partial charge on any atom is 0.223 e. The molecule has 110 valence electrons. The molecule has 19 heavy (non-hydrogen) atoms. The van der Waals surface area contributed by atoms with E-state index in [0.29, 0.717) is 25.0 Å². The van der Waals surface area contributed by atoms with E-state index < -0.39 is 0 Å². The SMILES string of the molecule is COCCN1CC(CNC2CSCCSC2)CC1=O. The Morgan fingerprint density at radius 2 is 2.11 bits per heavy atom. The highest BCUT2D eigenvalue weighted by molar-refractivity contribution is 8.03. The highest BCUT2D eigenvalue weighted by Gasteiger charge is 2.29. The third-order valence-corrected chi connectivity index (χ3v) is 6.09. The van der Waals surface area contributed by atoms with E-state index in [1.807, 2.05) is 28.4 Å². The summed E-state index contributed by atoms with van der Waals surface area (Å²) in [6.45, 7) is 3.24. The lowest BCUT2D eigenvalue weighted by atomic mass is 10.1. The van der Waals surface area contributed by atoms with E-state index in [4.69, 9.17) is 4.74 Å². The minimum Gasteiger partial charge on any atom is -0.383 e. The van der Waals surface area contributed by atoms with Gasteiger partial charge >= 0.3 is 0 Å². The van der Waals surface area contributed by atoms with E-state index in [0.717, 1.165) is 19.6 Å². The lowest BCUT2D eigenvalue weighted by molar-refractivity contribution is -0.128. The van der Waals surface area contributed by atoms with Crippen LogP contribution in [0.5, 0.6) is 0 Å². The van der Waals surface area contributed by atoms with Crippen molar-refractivity contribution in [2.45, 2.75) is 12.5 Å². The van der Waals surface area contributed by atoms with Gasteiger partial charge in [-0.3, -0.25) is 4.79 Å². The van der Waals surface area contributed by atoms with Crippen LogP contribution in [0.3, 0.4) is 0 Å². The quantitative estimate of drug-likeness (QED) is 0.790. The molecule has 0 aromatic rings. The molecular formula is C13H24N2O2S2. The first-order valence-corrected chi connectivity index (χ1v) is 9.26. The number of nitrogens with one attached hydrogen (secondary N) is 1. The van der Waals surface area contributed by atoms with Gasteiger partial charge in [-0.1, -0.05) is 0 Å². The fourth-order valence-corrected chi connectivity index (χ4v) is 4.94. The first-order valence-electron chi connectivity index (χ1n) is 6.95. The molecule has 2 fully saturated rings. The molecule has 1 unspecified atom stereocenters. The van der Waals surface area contributed by atoms with Crippen molar-refractivity contribution in [3.8, 4) is 0 Å². The lowest BCUT2D eigenvalue weighted by Crippen LogP contribution is -2.37. The molecule has 0 radical (unpaired) electrons. The summed E-state index contributed by atoms with van der Waals surface area (Å²) in [5.41, 5.74) is 0. The Kier molecular flexibility index (Phi) is 6.84. The van der Waals surface area contributed by atoms with Crippen molar-refractivity contribution in [1.29, 1.82) is 0 Å². The first kappa shape index (κ1) is 15.5. The molecule has 0 saturated carbocycles. The van der Waals surface area contributed by atoms with Crippen LogP contribution in [-0.2, 0) is 9.53 Å². The third-order valence-electron chi connectivity index (χ3n) is 3.57. The van der Waals surface area contributed by atoms with Gasteiger partial charge < -0.3 is 15.0 Å². The van der Waals surface area contributed by atoms with E-state index >= 15 is 0 Å². The minimum absolute atomic E-state index is 0.286. The number of amides is 1. The molecule has 2 rings (SSSR count). The van der Waals surface area contributed by atoms with Crippen LogP contribution >= 0.6 is 23.5 Å². The highest BCUT2D eigenvalue weighted by Crippen LogP contribution is 2.19. The summed E-state index contributed by atoms with van der Waals surface area (Å²) in [5, 5.41) is 3.65. The van der Waals surface area contributed by atoms with Crippen molar-refractivity contribution < 1.29 is 9.53 Å². The van der Waals surface area contributed by atoms with E-state index in [1.165, 1.54) is 23.0 Å². The zero-order valence-electron chi connectivity index (χ0n) is 11.6. The summed E-state index contributed by atoms with van der Waals surface area (Å²) in [4.78, 5) is 13.8. The number of carbonyl (C=O) groups excluding carboxylic acids is 1. The monoisotopic (exact) mass is 304 g/mol. The van der Waals surface area contributed by atoms with E-state index in [9.17, 15) is 4.79 Å². The maximum atomic E-state index is 11.8. The standard InChI is InChI=1S/C13H24N2O2S2/c1-17-3-2-15-8-11(6-13(15)16)7-14-12-9-18-4-5-19-10-12/h11-12,14H,2-10H2,1H3. The minimum atomic E-state index is 0.286. The van der Waals surface area contributed by atoms with Gasteiger partial charge in [0.15, 0.2) is 0 Å². The van der Waals surface area contributed by atoms with Gasteiger partial charge in [0, 0.05) is 62.2 Å². The second kappa shape index (κ2) is 8.39. The predicted octanol–water partition coefficient (Wildman–Crippen LogP) is 0.920. The average molecular weight is 304 g/mol. The molecule has 1 N–H and O–H groups in total. The molecule has 4 nitrogen and oxygen atoms in total. The topological polar surface area (TPSA) is 41.6 Å². The molecular weight excluding hydrogens is 280 g/mol. The first-order chi connectivity index (χ1) is 9.29. The number of nitrogens with zero attached hydrogens (tertiary/aromatic N) is 1. The Balaban J connectivity index is 1.67. The van der Waals surface area contributed by atoms with Crippen molar-refractivity contribution >= 4 is 29.4 Å². The number of carbonyl (C=O) groups is 1. The molecule has 0 aliphatic carbocycles. The summed E-state index contributed by atoms with van der Waals surface area (Å²) < 4.78 is 5.04. The maximum absolute atomic E-state index is 11.8. The number of rotatable bonds is 6. The molecule has 1 atom stereocenters. The Labute approximate surface area is 124 Å². The molecule has 0 bridgehead atoms. The van der Waals surface area contributed by atoms with Crippen LogP contribution < -0.4 is 5.32 Å². The van der Waals surface area contributed by atoms with Gasteiger partial charge in [-0.2, -0.15) is 23.5 Å². The summed E-state index contributed by atoms with van der Waals surface area (Å²) >= 11 is 4.08. The number of ether oxygens (including phenoxy) is 1. The van der Waals surface area contributed by atoms with Gasteiger partial charge in [0.25, 0.3) is 0 Å². The van der Waals surface area contributed by atoms with Crippen molar-refractivity contribution in [3.05, 3.63) is 0 Å². The van der Waals surface area contributed by atoms with E-state index in [2.05, 4.69) is 5.32 Å². The Morgan fingerprint density at radius 3 is 2.79 bits per heavy atom. The Bertz CT molecular complexity index is 284. The number of methoxy groups -OCH3 is 1. The second-order valence-electron chi connectivity index (χ2n) is 5.16. The van der Waals surface area contributed by atoms with Gasteiger partial charge in [-0.05, 0) is 5.92 Å². The molecule has 2 heterocycles. The highest BCUT2D eigenvalue weighted by atomic mass is 32.2. The van der Waals surface area contributed by atoms with Crippen LogP contribution in [0.4, 0.5) is 0 Å². The molecule has 0 spiro atoms. The van der Waals surface area contributed by atoms with Crippen LogP contribution in [0, 0.1) is 5.92 Å². The number of thioether (sulfide) groups is 2. The van der Waals surface area contributed by atoms with E-state index in [-0.39, 0.29) is 5.91 Å². The van der Waals surface area contributed by atoms with Crippen LogP contribution in [0.15, 0.2) is 0 Å². The third kappa shape index (κ3) is 5.17. The Hall–Kier alpha value is 0.0900. The summed E-state index contributed by atoms with van der Waals surface area (Å²) in [6, 6.07) is 0.612. The predicted molar refractivity (Wildman–Crippen MR) is 83.0 cm³/mol. The largest absolute Gasteiger partial charge is 0.383 e. The van der Waals surface area contributed by atoms with Crippen molar-refractivity contribution in [1.82, 2.24) is 10.2 Å². The second-order valence-corrected chi connectivity index (χ2v) is 7.46. The molecule has 0 aromatic carbocycles. The fourth-order valence-electron chi connectivity index (χ4n) is 2.48. The van der Waals surface area contributed by atoms with Crippen molar-refractivity contribution in [2.75, 3.05) is 56.4 Å². The molecule has 2 aliphatic rings. The number of hydrogen-bond acceptors (Lipinski definition) is 5. The molecule has 0 aromatic heterocycles. The Morgan fingerprint density at radius 1 is 1.37 bits per heavy atom. The fraction of sp³-hybridized carbons (Fsp3) is 0.923. The normalized spacial score (nSPS) is 25.8. The smallest absolute Gasteiger partial charge is 0.223 e. The summed E-state index contributed by atoms with van der Waals surface area (Å²) in [6.07, 6.45) is 0.698. The number of hydrogen-bond donors (Lipinski definition) is 1. The average Bonchev–Trinajstić information content (AvgIpc) is 2.63. The summed E-state index contributed by atoms with van der Waals surface area (Å²) in [5.74, 6) is 5.73. The van der Waals surface area contributed by atoms with Crippen LogP contribution in [0.2, 0.25) is 0 Å². The van der Waals surface area contributed by atoms with Gasteiger partial charge in [-0.15, -0.1) is 0 Å². The van der Waals surface area contributed by atoms with Crippen molar-refractivity contribution in [2.24, 2.45) is 5.92 Å². The lowest BCUT2D eigenvalue weighted by Gasteiger charge is -2.19. The molecule has 1 amide bonds. The van der Waals surface area contributed by atoms with Gasteiger partial charge in [-0.25, -0.2) is 0 Å². The number of likely N-dealkylation sites (tertiary alicyclic amines) is 1. The van der Waals surface area contributed by atoms with Gasteiger partial charge in [0.05, 0.1) is 6.61 Å². The van der Waals surface area contributed by atoms with Crippen LogP contribution in [0.25, 0.3) is 0 Å². The van der Waals surface area contributed by atoms with Crippen molar-refractivity contribution in [3.63, 3.8) is 0 Å². The molecule has 6 heteroatoms. The van der Waals surface area contributed by atoms with E-state index in [1.54, 1.807) is 7.11 Å². The zero-order chi connectivity index (χ0) is 13.5. The van der Waals surface area contributed by atoms with Gasteiger partial charge in [0.2, 0.25) is 5.91 Å². The molecule has 2 saturated heterocycles. The van der Waals surface area contributed by atoms with Crippen LogP contribution in [0.1, 0.15) is 6.42 Å².